The van der Waals surface area contributed by atoms with Crippen molar-refractivity contribution in [3.8, 4) is 0 Å². The van der Waals surface area contributed by atoms with Gasteiger partial charge in [-0.05, 0) is 19.1 Å². The predicted octanol–water partition coefficient (Wildman–Crippen LogP) is 1.84. The highest BCUT2D eigenvalue weighted by Gasteiger charge is 2.10. The van der Waals surface area contributed by atoms with E-state index < -0.39 is 0 Å². The molecular formula is C15H16N4O2. The third-order valence-electron chi connectivity index (χ3n) is 3.45. The quantitative estimate of drug-likeness (QED) is 0.793. The summed E-state index contributed by atoms with van der Waals surface area (Å²) in [6.45, 7) is 2.48. The topological polar surface area (TPSA) is 73.0 Å². The van der Waals surface area contributed by atoms with Gasteiger partial charge in [0.2, 0.25) is 0 Å². The van der Waals surface area contributed by atoms with Crippen LogP contribution in [-0.4, -0.2) is 27.2 Å². The Morgan fingerprint density at radius 3 is 3.05 bits per heavy atom. The fourth-order valence-corrected chi connectivity index (χ4v) is 2.35. The van der Waals surface area contributed by atoms with Crippen molar-refractivity contribution in [2.45, 2.75) is 13.3 Å². The van der Waals surface area contributed by atoms with Crippen molar-refractivity contribution in [1.29, 1.82) is 0 Å². The molecule has 3 rings (SSSR count). The Kier molecular flexibility index (Phi) is 3.43. The molecule has 0 radical (unpaired) electrons. The Labute approximate surface area is 121 Å². The van der Waals surface area contributed by atoms with E-state index in [1.165, 1.54) is 6.39 Å². The first-order valence-electron chi connectivity index (χ1n) is 6.74. The zero-order valence-corrected chi connectivity index (χ0v) is 12.0. The molecular weight excluding hydrogens is 268 g/mol. The van der Waals surface area contributed by atoms with Gasteiger partial charge >= 0.3 is 0 Å². The van der Waals surface area contributed by atoms with Crippen molar-refractivity contribution < 1.29 is 9.21 Å². The van der Waals surface area contributed by atoms with Gasteiger partial charge in [0, 0.05) is 31.0 Å². The highest BCUT2D eigenvalue weighted by Crippen LogP contribution is 2.18. The van der Waals surface area contributed by atoms with Gasteiger partial charge in [-0.25, -0.2) is 4.98 Å². The highest BCUT2D eigenvalue weighted by atomic mass is 16.3. The lowest BCUT2D eigenvalue weighted by Gasteiger charge is -2.04. The van der Waals surface area contributed by atoms with Crippen LogP contribution in [0.1, 0.15) is 21.7 Å². The molecule has 0 bridgehead atoms. The molecule has 108 valence electrons. The molecule has 0 aliphatic heterocycles. The van der Waals surface area contributed by atoms with Gasteiger partial charge in [-0.15, -0.1) is 0 Å². The second-order valence-electron chi connectivity index (χ2n) is 4.93. The molecule has 3 aromatic rings. The van der Waals surface area contributed by atoms with Gasteiger partial charge in [0.05, 0.1) is 16.9 Å². The Morgan fingerprint density at radius 2 is 2.29 bits per heavy atom. The molecule has 0 atom stereocenters. The Balaban J connectivity index is 1.71. The maximum Gasteiger partial charge on any atom is 0.251 e. The maximum absolute atomic E-state index is 12.2. The number of fused-ring (bicyclic) bond motifs is 1. The number of aromatic nitrogens is 3. The number of carbonyl (C=O) groups excluding carboxylic acids is 1. The summed E-state index contributed by atoms with van der Waals surface area (Å²) in [6.07, 6.45) is 3.61. The van der Waals surface area contributed by atoms with E-state index in [1.54, 1.807) is 10.9 Å². The minimum Gasteiger partial charge on any atom is -0.451 e. The van der Waals surface area contributed by atoms with Gasteiger partial charge in [-0.1, -0.05) is 6.07 Å². The molecule has 21 heavy (non-hydrogen) atoms. The molecule has 0 spiro atoms. The van der Waals surface area contributed by atoms with Crippen molar-refractivity contribution in [1.82, 2.24) is 20.1 Å². The summed E-state index contributed by atoms with van der Waals surface area (Å²) in [6, 6.07) is 5.62. The smallest absolute Gasteiger partial charge is 0.251 e. The zero-order chi connectivity index (χ0) is 14.8. The molecule has 0 unspecified atom stereocenters. The molecule has 6 nitrogen and oxygen atoms in total. The van der Waals surface area contributed by atoms with Gasteiger partial charge in [-0.2, -0.15) is 5.10 Å². The van der Waals surface area contributed by atoms with Crippen molar-refractivity contribution in [2.75, 3.05) is 6.54 Å². The molecule has 1 amide bonds. The number of hydrogen-bond acceptors (Lipinski definition) is 4. The van der Waals surface area contributed by atoms with E-state index in [9.17, 15) is 4.79 Å². The molecule has 0 aliphatic carbocycles. The normalized spacial score (nSPS) is 11.0. The Bertz CT molecular complexity index is 774. The SMILES string of the molecule is Cc1nn(C)c2cc(C(=O)NCCc3cocn3)ccc12. The molecule has 0 aliphatic rings. The standard InChI is InChI=1S/C15H16N4O2/c1-10-13-4-3-11(7-14(13)19(2)18-10)15(20)16-6-5-12-8-21-9-17-12/h3-4,7-9H,5-6H2,1-2H3,(H,16,20). The second kappa shape index (κ2) is 5.40. The van der Waals surface area contributed by atoms with E-state index in [1.807, 2.05) is 32.2 Å². The first-order valence-corrected chi connectivity index (χ1v) is 6.74. The number of carbonyl (C=O) groups is 1. The maximum atomic E-state index is 12.2. The third kappa shape index (κ3) is 2.65. The number of hydrogen-bond donors (Lipinski definition) is 1. The van der Waals surface area contributed by atoms with Crippen LogP contribution < -0.4 is 5.32 Å². The van der Waals surface area contributed by atoms with Crippen molar-refractivity contribution in [3.63, 3.8) is 0 Å². The van der Waals surface area contributed by atoms with Crippen LogP contribution in [0, 0.1) is 6.92 Å². The van der Waals surface area contributed by atoms with Gasteiger partial charge in [0.1, 0.15) is 6.26 Å². The van der Waals surface area contributed by atoms with Crippen LogP contribution in [0.4, 0.5) is 0 Å². The van der Waals surface area contributed by atoms with E-state index in [0.29, 0.717) is 18.5 Å². The summed E-state index contributed by atoms with van der Waals surface area (Å²) < 4.78 is 6.68. The Morgan fingerprint density at radius 1 is 1.43 bits per heavy atom. The van der Waals surface area contributed by atoms with Crippen LogP contribution in [0.3, 0.4) is 0 Å². The van der Waals surface area contributed by atoms with Crippen molar-refractivity contribution in [3.05, 3.63) is 47.8 Å². The van der Waals surface area contributed by atoms with E-state index >= 15 is 0 Å². The monoisotopic (exact) mass is 284 g/mol. The van der Waals surface area contributed by atoms with Crippen LogP contribution in [0.2, 0.25) is 0 Å². The van der Waals surface area contributed by atoms with Crippen LogP contribution in [0.15, 0.2) is 35.3 Å². The zero-order valence-electron chi connectivity index (χ0n) is 12.0. The summed E-state index contributed by atoms with van der Waals surface area (Å²) in [7, 11) is 1.88. The van der Waals surface area contributed by atoms with Crippen LogP contribution in [-0.2, 0) is 13.5 Å². The fraction of sp³-hybridized carbons (Fsp3) is 0.267. The van der Waals surface area contributed by atoms with Gasteiger partial charge in [0.25, 0.3) is 5.91 Å². The average Bonchev–Trinajstić information content (AvgIpc) is 3.08. The second-order valence-corrected chi connectivity index (χ2v) is 4.93. The van der Waals surface area contributed by atoms with Gasteiger partial charge in [0.15, 0.2) is 6.39 Å². The Hall–Kier alpha value is -2.63. The van der Waals surface area contributed by atoms with Crippen LogP contribution in [0.5, 0.6) is 0 Å². The minimum absolute atomic E-state index is 0.0979. The van der Waals surface area contributed by atoms with Crippen LogP contribution in [0.25, 0.3) is 10.9 Å². The number of aryl methyl sites for hydroxylation is 2. The number of amides is 1. The summed E-state index contributed by atoms with van der Waals surface area (Å²) in [5.41, 5.74) is 3.38. The third-order valence-corrected chi connectivity index (χ3v) is 3.45. The molecule has 0 fully saturated rings. The summed E-state index contributed by atoms with van der Waals surface area (Å²) in [5.74, 6) is -0.0979. The van der Waals surface area contributed by atoms with Gasteiger partial charge < -0.3 is 9.73 Å². The molecule has 0 saturated heterocycles. The first-order chi connectivity index (χ1) is 10.1. The number of oxazole rings is 1. The largest absolute Gasteiger partial charge is 0.451 e. The predicted molar refractivity (Wildman–Crippen MR) is 78.0 cm³/mol. The van der Waals surface area contributed by atoms with E-state index in [2.05, 4.69) is 15.4 Å². The number of rotatable bonds is 4. The summed E-state index contributed by atoms with van der Waals surface area (Å²) in [4.78, 5) is 16.2. The highest BCUT2D eigenvalue weighted by molar-refractivity contribution is 5.98. The molecule has 1 N–H and O–H groups in total. The van der Waals surface area contributed by atoms with Crippen molar-refractivity contribution >= 4 is 16.8 Å². The fourth-order valence-electron chi connectivity index (χ4n) is 2.35. The molecule has 6 heteroatoms. The molecule has 1 aromatic carbocycles. The molecule has 0 saturated carbocycles. The van der Waals surface area contributed by atoms with E-state index in [-0.39, 0.29) is 5.91 Å². The first kappa shape index (κ1) is 13.4. The van der Waals surface area contributed by atoms with E-state index in [4.69, 9.17) is 4.42 Å². The number of nitrogens with one attached hydrogen (secondary N) is 1. The molecule has 2 heterocycles. The molecule has 2 aromatic heterocycles. The average molecular weight is 284 g/mol. The number of nitrogens with zero attached hydrogens (tertiary/aromatic N) is 3. The van der Waals surface area contributed by atoms with Crippen LogP contribution >= 0.6 is 0 Å². The lowest BCUT2D eigenvalue weighted by molar-refractivity contribution is 0.0954. The number of benzene rings is 1. The van der Waals surface area contributed by atoms with Gasteiger partial charge in [-0.3, -0.25) is 9.48 Å². The minimum atomic E-state index is -0.0979. The summed E-state index contributed by atoms with van der Waals surface area (Å²) in [5, 5.41) is 8.30. The van der Waals surface area contributed by atoms with E-state index in [0.717, 1.165) is 22.3 Å². The summed E-state index contributed by atoms with van der Waals surface area (Å²) >= 11 is 0. The van der Waals surface area contributed by atoms with Crippen molar-refractivity contribution in [2.24, 2.45) is 7.05 Å². The lowest BCUT2D eigenvalue weighted by atomic mass is 10.1. The lowest BCUT2D eigenvalue weighted by Crippen LogP contribution is -2.25.